The standard InChI is InChI=1S/C13H17BrN2O2/c1-9-8-16(11-4-2-3-10(14)5-11)12(7-15-9)6-13(17)18/h2-5,9,12,15H,6-8H2,1H3,(H,17,18). The number of benzene rings is 1. The zero-order valence-electron chi connectivity index (χ0n) is 10.3. The van der Waals surface area contributed by atoms with Crippen LogP contribution in [-0.2, 0) is 4.79 Å². The largest absolute Gasteiger partial charge is 0.481 e. The molecular formula is C13H17BrN2O2. The van der Waals surface area contributed by atoms with Gasteiger partial charge >= 0.3 is 5.97 Å². The van der Waals surface area contributed by atoms with Crippen LogP contribution >= 0.6 is 15.9 Å². The fourth-order valence-corrected chi connectivity index (χ4v) is 2.70. The highest BCUT2D eigenvalue weighted by atomic mass is 79.9. The average molecular weight is 313 g/mol. The molecule has 2 rings (SSSR count). The molecule has 0 radical (unpaired) electrons. The predicted octanol–water partition coefficient (Wildman–Crippen LogP) is 2.09. The third-order valence-electron chi connectivity index (χ3n) is 3.16. The Bertz CT molecular complexity index is 439. The monoisotopic (exact) mass is 312 g/mol. The summed E-state index contributed by atoms with van der Waals surface area (Å²) in [6.07, 6.45) is 0.159. The molecule has 0 aromatic heterocycles. The van der Waals surface area contributed by atoms with Gasteiger partial charge in [0, 0.05) is 29.3 Å². The van der Waals surface area contributed by atoms with E-state index in [1.807, 2.05) is 24.3 Å². The topological polar surface area (TPSA) is 52.6 Å². The first-order valence-electron chi connectivity index (χ1n) is 6.03. The van der Waals surface area contributed by atoms with E-state index in [0.717, 1.165) is 16.7 Å². The summed E-state index contributed by atoms with van der Waals surface area (Å²) >= 11 is 3.46. The maximum absolute atomic E-state index is 10.9. The van der Waals surface area contributed by atoms with Crippen LogP contribution in [-0.4, -0.2) is 36.2 Å². The first kappa shape index (κ1) is 13.4. The van der Waals surface area contributed by atoms with Crippen molar-refractivity contribution in [3.05, 3.63) is 28.7 Å². The third-order valence-corrected chi connectivity index (χ3v) is 3.66. The van der Waals surface area contributed by atoms with Gasteiger partial charge in [0.25, 0.3) is 0 Å². The second kappa shape index (κ2) is 5.71. The summed E-state index contributed by atoms with van der Waals surface area (Å²) in [5.41, 5.74) is 1.07. The number of carboxylic acids is 1. The second-order valence-corrected chi connectivity index (χ2v) is 5.61. The molecule has 0 saturated carbocycles. The summed E-state index contributed by atoms with van der Waals surface area (Å²) in [6, 6.07) is 8.39. The highest BCUT2D eigenvalue weighted by Gasteiger charge is 2.27. The van der Waals surface area contributed by atoms with E-state index in [1.54, 1.807) is 0 Å². The van der Waals surface area contributed by atoms with Crippen molar-refractivity contribution in [1.29, 1.82) is 0 Å². The van der Waals surface area contributed by atoms with E-state index < -0.39 is 5.97 Å². The highest BCUT2D eigenvalue weighted by Crippen LogP contribution is 2.24. The third kappa shape index (κ3) is 3.23. The van der Waals surface area contributed by atoms with Crippen LogP contribution in [0, 0.1) is 0 Å². The van der Waals surface area contributed by atoms with Gasteiger partial charge in [0.15, 0.2) is 0 Å². The molecule has 1 aliphatic rings. The number of piperazine rings is 1. The number of hydrogen-bond donors (Lipinski definition) is 2. The minimum atomic E-state index is -0.753. The number of carbonyl (C=O) groups is 1. The van der Waals surface area contributed by atoms with Crippen LogP contribution in [0.4, 0.5) is 5.69 Å². The second-order valence-electron chi connectivity index (χ2n) is 4.69. The molecular weight excluding hydrogens is 296 g/mol. The van der Waals surface area contributed by atoms with Gasteiger partial charge in [-0.25, -0.2) is 0 Å². The van der Waals surface area contributed by atoms with Crippen molar-refractivity contribution >= 4 is 27.6 Å². The van der Waals surface area contributed by atoms with Gasteiger partial charge in [0.2, 0.25) is 0 Å². The normalized spacial score (nSPS) is 24.0. The van der Waals surface area contributed by atoms with Crippen LogP contribution in [0.2, 0.25) is 0 Å². The molecule has 0 spiro atoms. The quantitative estimate of drug-likeness (QED) is 0.897. The summed E-state index contributed by atoms with van der Waals surface area (Å²) in [5.74, 6) is -0.753. The molecule has 1 aromatic carbocycles. The first-order chi connectivity index (χ1) is 8.56. The van der Waals surface area contributed by atoms with Crippen molar-refractivity contribution in [2.45, 2.75) is 25.4 Å². The number of nitrogens with one attached hydrogen (secondary N) is 1. The Morgan fingerprint density at radius 1 is 1.61 bits per heavy atom. The van der Waals surface area contributed by atoms with E-state index in [-0.39, 0.29) is 12.5 Å². The lowest BCUT2D eigenvalue weighted by atomic mass is 10.1. The Labute approximate surface area is 115 Å². The molecule has 2 unspecified atom stereocenters. The van der Waals surface area contributed by atoms with Gasteiger partial charge < -0.3 is 15.3 Å². The van der Waals surface area contributed by atoms with Crippen molar-refractivity contribution in [3.63, 3.8) is 0 Å². The van der Waals surface area contributed by atoms with Gasteiger partial charge in [-0.15, -0.1) is 0 Å². The zero-order valence-corrected chi connectivity index (χ0v) is 11.9. The van der Waals surface area contributed by atoms with Crippen molar-refractivity contribution in [2.24, 2.45) is 0 Å². The Balaban J connectivity index is 2.21. The zero-order chi connectivity index (χ0) is 13.1. The molecule has 0 aliphatic carbocycles. The summed E-state index contributed by atoms with van der Waals surface area (Å²) in [4.78, 5) is 13.1. The minimum Gasteiger partial charge on any atom is -0.481 e. The fourth-order valence-electron chi connectivity index (χ4n) is 2.31. The molecule has 1 heterocycles. The van der Waals surface area contributed by atoms with Crippen LogP contribution in [0.5, 0.6) is 0 Å². The van der Waals surface area contributed by atoms with Crippen molar-refractivity contribution in [2.75, 3.05) is 18.0 Å². The molecule has 1 aromatic rings. The molecule has 18 heavy (non-hydrogen) atoms. The molecule has 0 amide bonds. The predicted molar refractivity (Wildman–Crippen MR) is 75.0 cm³/mol. The molecule has 2 N–H and O–H groups in total. The first-order valence-corrected chi connectivity index (χ1v) is 6.83. The smallest absolute Gasteiger partial charge is 0.305 e. The Morgan fingerprint density at radius 3 is 3.06 bits per heavy atom. The van der Waals surface area contributed by atoms with Gasteiger partial charge in [-0.2, -0.15) is 0 Å². The highest BCUT2D eigenvalue weighted by molar-refractivity contribution is 9.10. The summed E-state index contributed by atoms with van der Waals surface area (Å²) in [6.45, 7) is 3.65. The molecule has 1 fully saturated rings. The number of anilines is 1. The van der Waals surface area contributed by atoms with Crippen LogP contribution in [0.3, 0.4) is 0 Å². The maximum atomic E-state index is 10.9. The Kier molecular flexibility index (Phi) is 4.24. The van der Waals surface area contributed by atoms with Crippen LogP contribution in [0.15, 0.2) is 28.7 Å². The van der Waals surface area contributed by atoms with Crippen LogP contribution < -0.4 is 10.2 Å². The lowest BCUT2D eigenvalue weighted by Gasteiger charge is -2.40. The van der Waals surface area contributed by atoms with Crippen molar-refractivity contribution in [3.8, 4) is 0 Å². The van der Waals surface area contributed by atoms with E-state index in [9.17, 15) is 4.79 Å². The molecule has 1 saturated heterocycles. The van der Waals surface area contributed by atoms with E-state index in [1.165, 1.54) is 0 Å². The van der Waals surface area contributed by atoms with E-state index in [4.69, 9.17) is 5.11 Å². The Morgan fingerprint density at radius 2 is 2.39 bits per heavy atom. The van der Waals surface area contributed by atoms with Gasteiger partial charge in [0.1, 0.15) is 0 Å². The lowest BCUT2D eigenvalue weighted by molar-refractivity contribution is -0.137. The van der Waals surface area contributed by atoms with Crippen molar-refractivity contribution in [1.82, 2.24) is 5.32 Å². The minimum absolute atomic E-state index is 0.00741. The molecule has 98 valence electrons. The summed E-state index contributed by atoms with van der Waals surface area (Å²) in [5, 5.41) is 12.3. The number of aliphatic carboxylic acids is 1. The summed E-state index contributed by atoms with van der Waals surface area (Å²) in [7, 11) is 0. The number of nitrogens with zero attached hydrogens (tertiary/aromatic N) is 1. The van der Waals surface area contributed by atoms with E-state index >= 15 is 0 Å². The van der Waals surface area contributed by atoms with Crippen LogP contribution in [0.1, 0.15) is 13.3 Å². The van der Waals surface area contributed by atoms with Gasteiger partial charge in [-0.1, -0.05) is 22.0 Å². The van der Waals surface area contributed by atoms with Crippen molar-refractivity contribution < 1.29 is 9.90 Å². The molecule has 4 nitrogen and oxygen atoms in total. The lowest BCUT2D eigenvalue weighted by Crippen LogP contribution is -2.56. The Hall–Kier alpha value is -1.07. The van der Waals surface area contributed by atoms with Crippen LogP contribution in [0.25, 0.3) is 0 Å². The maximum Gasteiger partial charge on any atom is 0.305 e. The van der Waals surface area contributed by atoms with Gasteiger partial charge in [-0.3, -0.25) is 4.79 Å². The molecule has 0 bridgehead atoms. The van der Waals surface area contributed by atoms with E-state index in [2.05, 4.69) is 33.1 Å². The fraction of sp³-hybridized carbons (Fsp3) is 0.462. The average Bonchev–Trinajstić information content (AvgIpc) is 2.31. The molecule has 5 heteroatoms. The van der Waals surface area contributed by atoms with E-state index in [0.29, 0.717) is 12.6 Å². The number of halogens is 1. The number of carboxylic acid groups (broad SMARTS) is 1. The number of hydrogen-bond acceptors (Lipinski definition) is 3. The van der Waals surface area contributed by atoms with Gasteiger partial charge in [-0.05, 0) is 25.1 Å². The van der Waals surface area contributed by atoms with Gasteiger partial charge in [0.05, 0.1) is 12.5 Å². The number of rotatable bonds is 3. The molecule has 1 aliphatic heterocycles. The SMILES string of the molecule is CC1CN(c2cccc(Br)c2)C(CC(=O)O)CN1. The summed E-state index contributed by atoms with van der Waals surface area (Å²) < 4.78 is 1.01. The molecule has 2 atom stereocenters.